The fraction of sp³-hybridized carbons (Fsp3) is 0.286. The van der Waals surface area contributed by atoms with E-state index in [0.29, 0.717) is 4.80 Å². The van der Waals surface area contributed by atoms with Gasteiger partial charge in [0.15, 0.2) is 4.80 Å². The van der Waals surface area contributed by atoms with E-state index in [9.17, 15) is 18.0 Å². The van der Waals surface area contributed by atoms with E-state index in [2.05, 4.69) is 4.99 Å². The Labute approximate surface area is 184 Å². The number of para-hydroxylation sites is 1. The molecule has 2 aromatic carbocycles. The molecule has 0 aliphatic carbocycles. The second kappa shape index (κ2) is 9.13. The van der Waals surface area contributed by atoms with Gasteiger partial charge in [-0.1, -0.05) is 23.5 Å². The molecule has 1 amide bonds. The lowest BCUT2D eigenvalue weighted by molar-refractivity contribution is -0.141. The number of aromatic nitrogens is 1. The largest absolute Gasteiger partial charge is 0.468 e. The number of fused-ring (bicyclic) bond motifs is 1. The molecule has 0 atom stereocenters. The molecule has 1 aromatic heterocycles. The average molecular weight is 462 g/mol. The molecule has 0 aliphatic rings. The monoisotopic (exact) mass is 461 g/mol. The molecular weight excluding hydrogens is 438 g/mol. The Hall–Kier alpha value is -2.82. The number of nitrogens with zero attached hydrogens (tertiary/aromatic N) is 3. The maximum Gasteiger partial charge on any atom is 0.325 e. The quantitative estimate of drug-likeness (QED) is 0.526. The van der Waals surface area contributed by atoms with E-state index >= 15 is 0 Å². The van der Waals surface area contributed by atoms with Crippen molar-refractivity contribution in [1.82, 2.24) is 8.87 Å². The number of hydrogen-bond donors (Lipinski definition) is 0. The zero-order valence-corrected chi connectivity index (χ0v) is 19.2. The van der Waals surface area contributed by atoms with Crippen LogP contribution < -0.4 is 4.80 Å². The number of amides is 1. The van der Waals surface area contributed by atoms with E-state index in [-0.39, 0.29) is 23.0 Å². The van der Waals surface area contributed by atoms with Crippen LogP contribution in [-0.4, -0.2) is 49.4 Å². The lowest BCUT2D eigenvalue weighted by Gasteiger charge is -2.20. The minimum Gasteiger partial charge on any atom is -0.468 e. The van der Waals surface area contributed by atoms with Crippen LogP contribution in [0.15, 0.2) is 58.4 Å². The van der Waals surface area contributed by atoms with Crippen molar-refractivity contribution in [3.63, 3.8) is 0 Å². The zero-order valence-electron chi connectivity index (χ0n) is 17.6. The average Bonchev–Trinajstić information content (AvgIpc) is 3.09. The summed E-state index contributed by atoms with van der Waals surface area (Å²) in [5.74, 6) is -0.993. The van der Waals surface area contributed by atoms with Crippen LogP contribution in [0.5, 0.6) is 0 Å². The van der Waals surface area contributed by atoms with Crippen LogP contribution in [0.1, 0.15) is 24.2 Å². The Kier molecular flexibility index (Phi) is 6.73. The number of ether oxygens (including phenoxy) is 1. The molecule has 0 aliphatic heterocycles. The first-order chi connectivity index (χ1) is 14.6. The van der Waals surface area contributed by atoms with E-state index in [4.69, 9.17) is 4.74 Å². The molecule has 0 saturated heterocycles. The highest BCUT2D eigenvalue weighted by atomic mass is 32.2. The number of hydrogen-bond acceptors (Lipinski definition) is 6. The topological polar surface area (TPSA) is 98.0 Å². The molecule has 3 rings (SSSR count). The first-order valence-electron chi connectivity index (χ1n) is 9.47. The van der Waals surface area contributed by atoms with Gasteiger partial charge in [-0.2, -0.15) is 9.30 Å². The third-order valence-corrected chi connectivity index (χ3v) is 7.91. The van der Waals surface area contributed by atoms with Crippen molar-refractivity contribution in [1.29, 1.82) is 0 Å². The van der Waals surface area contributed by atoms with Gasteiger partial charge in [0, 0.05) is 18.7 Å². The summed E-state index contributed by atoms with van der Waals surface area (Å²) >= 11 is 1.28. The van der Waals surface area contributed by atoms with E-state index < -0.39 is 21.9 Å². The number of benzene rings is 2. The molecule has 0 unspecified atom stereocenters. The predicted octanol–water partition coefficient (Wildman–Crippen LogP) is 2.65. The molecule has 0 N–H and O–H groups in total. The highest BCUT2D eigenvalue weighted by Crippen LogP contribution is 2.19. The number of carbonyl (C=O) groups excluding carboxylic acids is 2. The SMILES string of the molecule is COC(=O)Cn1c(=NC(=O)c2ccc(S(=O)(=O)N(C)C(C)C)cc2)sc2ccccc21. The molecule has 10 heteroatoms. The highest BCUT2D eigenvalue weighted by molar-refractivity contribution is 7.89. The standard InChI is InChI=1S/C21H23N3O5S2/c1-14(2)23(3)31(27,28)16-11-9-15(10-12-16)20(26)22-21-24(13-19(25)29-4)17-7-5-6-8-18(17)30-21/h5-12,14H,13H2,1-4H3. The van der Waals surface area contributed by atoms with Gasteiger partial charge in [0.25, 0.3) is 5.91 Å². The third-order valence-electron chi connectivity index (χ3n) is 4.81. The van der Waals surface area contributed by atoms with Crippen LogP contribution in [0, 0.1) is 0 Å². The first-order valence-corrected chi connectivity index (χ1v) is 11.7. The summed E-state index contributed by atoms with van der Waals surface area (Å²) in [7, 11) is -0.835. The van der Waals surface area contributed by atoms with Crippen LogP contribution in [0.2, 0.25) is 0 Å². The Bertz CT molecular complexity index is 1290. The lowest BCUT2D eigenvalue weighted by atomic mass is 10.2. The van der Waals surface area contributed by atoms with Crippen molar-refractivity contribution in [2.24, 2.45) is 4.99 Å². The van der Waals surface area contributed by atoms with Gasteiger partial charge in [-0.25, -0.2) is 8.42 Å². The van der Waals surface area contributed by atoms with Crippen molar-refractivity contribution < 1.29 is 22.7 Å². The van der Waals surface area contributed by atoms with Gasteiger partial charge < -0.3 is 9.30 Å². The zero-order chi connectivity index (χ0) is 22.8. The fourth-order valence-electron chi connectivity index (χ4n) is 2.82. The number of carbonyl (C=O) groups is 2. The summed E-state index contributed by atoms with van der Waals surface area (Å²) in [6.45, 7) is 3.48. The molecule has 0 saturated carbocycles. The van der Waals surface area contributed by atoms with E-state index in [1.807, 2.05) is 24.3 Å². The molecule has 3 aromatic rings. The Morgan fingerprint density at radius 1 is 1.13 bits per heavy atom. The van der Waals surface area contributed by atoms with Gasteiger partial charge in [-0.15, -0.1) is 0 Å². The van der Waals surface area contributed by atoms with E-state index in [1.165, 1.54) is 54.1 Å². The van der Waals surface area contributed by atoms with Gasteiger partial charge in [0.05, 0.1) is 22.2 Å². The number of rotatable bonds is 6. The summed E-state index contributed by atoms with van der Waals surface area (Å²) < 4.78 is 33.7. The summed E-state index contributed by atoms with van der Waals surface area (Å²) in [6.07, 6.45) is 0. The summed E-state index contributed by atoms with van der Waals surface area (Å²) in [4.78, 5) is 29.2. The second-order valence-electron chi connectivity index (χ2n) is 7.07. The molecule has 8 nitrogen and oxygen atoms in total. The molecule has 31 heavy (non-hydrogen) atoms. The minimum atomic E-state index is -3.64. The predicted molar refractivity (Wildman–Crippen MR) is 118 cm³/mol. The van der Waals surface area contributed by atoms with Crippen LogP contribution in [0.25, 0.3) is 10.2 Å². The van der Waals surface area contributed by atoms with Crippen molar-refractivity contribution in [2.45, 2.75) is 31.3 Å². The molecule has 0 fully saturated rings. The van der Waals surface area contributed by atoms with Gasteiger partial charge in [0.2, 0.25) is 10.0 Å². The first kappa shape index (κ1) is 22.9. The Balaban J connectivity index is 1.98. The lowest BCUT2D eigenvalue weighted by Crippen LogP contribution is -2.33. The summed E-state index contributed by atoms with van der Waals surface area (Å²) in [5.41, 5.74) is 1.01. The second-order valence-corrected chi connectivity index (χ2v) is 10.1. The van der Waals surface area contributed by atoms with Crippen molar-refractivity contribution >= 4 is 43.5 Å². The van der Waals surface area contributed by atoms with Crippen LogP contribution >= 0.6 is 11.3 Å². The van der Waals surface area contributed by atoms with Crippen LogP contribution in [0.3, 0.4) is 0 Å². The minimum absolute atomic E-state index is 0.0780. The number of sulfonamides is 1. The van der Waals surface area contributed by atoms with Crippen molar-refractivity contribution in [3.05, 3.63) is 58.9 Å². The van der Waals surface area contributed by atoms with Crippen LogP contribution in [0.4, 0.5) is 0 Å². The van der Waals surface area contributed by atoms with E-state index in [0.717, 1.165) is 10.2 Å². The van der Waals surface area contributed by atoms with Crippen LogP contribution in [-0.2, 0) is 26.1 Å². The third kappa shape index (κ3) is 4.76. The smallest absolute Gasteiger partial charge is 0.325 e. The Morgan fingerprint density at radius 2 is 1.77 bits per heavy atom. The normalized spacial score (nSPS) is 12.6. The highest BCUT2D eigenvalue weighted by Gasteiger charge is 2.23. The number of methoxy groups -OCH3 is 1. The maximum absolute atomic E-state index is 12.8. The number of esters is 1. The van der Waals surface area contributed by atoms with Gasteiger partial charge in [0.1, 0.15) is 6.54 Å². The van der Waals surface area contributed by atoms with Gasteiger partial charge in [-0.05, 0) is 50.2 Å². The molecule has 0 bridgehead atoms. The molecule has 0 radical (unpaired) electrons. The van der Waals surface area contributed by atoms with Gasteiger partial charge >= 0.3 is 5.97 Å². The fourth-order valence-corrected chi connectivity index (χ4v) is 5.21. The molecular formula is C21H23N3O5S2. The van der Waals surface area contributed by atoms with Crippen molar-refractivity contribution in [2.75, 3.05) is 14.2 Å². The van der Waals surface area contributed by atoms with Gasteiger partial charge in [-0.3, -0.25) is 9.59 Å². The summed E-state index contributed by atoms with van der Waals surface area (Å²) in [5, 5.41) is 0. The van der Waals surface area contributed by atoms with E-state index in [1.54, 1.807) is 18.4 Å². The van der Waals surface area contributed by atoms with Crippen molar-refractivity contribution in [3.8, 4) is 0 Å². The molecule has 164 valence electrons. The summed E-state index contributed by atoms with van der Waals surface area (Å²) in [6, 6.07) is 12.9. The molecule has 1 heterocycles. The molecule has 0 spiro atoms. The number of thiazole rings is 1. The Morgan fingerprint density at radius 3 is 2.39 bits per heavy atom. The maximum atomic E-state index is 12.8.